The van der Waals surface area contributed by atoms with Crippen LogP contribution in [0.1, 0.15) is 24.0 Å². The summed E-state index contributed by atoms with van der Waals surface area (Å²) in [5.41, 5.74) is 1.85. The summed E-state index contributed by atoms with van der Waals surface area (Å²) in [7, 11) is -4.69. The third-order valence-corrected chi connectivity index (χ3v) is 6.35. The summed E-state index contributed by atoms with van der Waals surface area (Å²) in [5, 5.41) is 14.2. The van der Waals surface area contributed by atoms with Gasteiger partial charge in [-0.1, -0.05) is 42.1 Å². The number of hydroxylamine groups is 1. The molecule has 2 aromatic rings. The van der Waals surface area contributed by atoms with E-state index in [1.165, 1.54) is 5.48 Å². The highest BCUT2D eigenvalue weighted by Crippen LogP contribution is 2.51. The van der Waals surface area contributed by atoms with Gasteiger partial charge in [-0.25, -0.2) is 23.6 Å². The fraction of sp³-hybridized carbons (Fsp3) is 0.222. The molecule has 2 aromatic carbocycles. The van der Waals surface area contributed by atoms with Crippen molar-refractivity contribution in [3.8, 4) is 0 Å². The minimum atomic E-state index is -4.69. The molecule has 9 nitrogen and oxygen atoms in total. The highest BCUT2D eigenvalue weighted by atomic mass is 32.2. The Balaban J connectivity index is 2.02. The lowest BCUT2D eigenvalue weighted by atomic mass is 10.0. The number of phosphoric acid groups is 1. The van der Waals surface area contributed by atoms with Gasteiger partial charge in [0.2, 0.25) is 0 Å². The summed E-state index contributed by atoms with van der Waals surface area (Å²) < 4.78 is 43.6. The number of carbonyl (C=O) groups excluding carboxylic acids is 1. The van der Waals surface area contributed by atoms with E-state index in [9.17, 15) is 23.3 Å². The first-order valence-electron chi connectivity index (χ1n) is 8.89. The second kappa shape index (κ2) is 9.43. The van der Waals surface area contributed by atoms with Crippen molar-refractivity contribution in [1.29, 1.82) is 0 Å². The van der Waals surface area contributed by atoms with Gasteiger partial charge in [-0.05, 0) is 36.6 Å². The van der Waals surface area contributed by atoms with Crippen LogP contribution >= 0.6 is 19.6 Å². The molecular weight excluding hydrogens is 455 g/mol. The molecule has 0 fully saturated rings. The van der Waals surface area contributed by atoms with Gasteiger partial charge in [0.15, 0.2) is 0 Å². The molecule has 166 valence electrons. The molecule has 0 spiro atoms. The van der Waals surface area contributed by atoms with Gasteiger partial charge in [-0.2, -0.15) is 10.1 Å². The summed E-state index contributed by atoms with van der Waals surface area (Å²) in [6, 6.07) is 10.3. The predicted molar refractivity (Wildman–Crippen MR) is 108 cm³/mol. The highest BCUT2D eigenvalue weighted by Gasteiger charge is 2.49. The van der Waals surface area contributed by atoms with Crippen LogP contribution in [0.3, 0.4) is 0 Å². The van der Waals surface area contributed by atoms with Gasteiger partial charge in [0.25, 0.3) is 0 Å². The Morgan fingerprint density at radius 2 is 1.94 bits per heavy atom. The molecule has 1 unspecified atom stereocenters. The molecule has 31 heavy (non-hydrogen) atoms. The maximum atomic E-state index is 14.4. The number of nitrogens with one attached hydrogen (secondary N) is 1. The molecular formula is C18H18F2N3O6PS. The van der Waals surface area contributed by atoms with Crippen LogP contribution in [0.15, 0.2) is 53.6 Å². The summed E-state index contributed by atoms with van der Waals surface area (Å²) in [6.07, 6.45) is 0.121. The zero-order valence-electron chi connectivity index (χ0n) is 15.8. The third-order valence-electron chi connectivity index (χ3n) is 4.39. The lowest BCUT2D eigenvalue weighted by Gasteiger charge is -2.35. The number of hydrazone groups is 1. The van der Waals surface area contributed by atoms with Crippen LogP contribution in [0.5, 0.6) is 0 Å². The van der Waals surface area contributed by atoms with Crippen molar-refractivity contribution >= 4 is 30.7 Å². The fourth-order valence-electron chi connectivity index (χ4n) is 3.10. The molecule has 3 rings (SSSR count). The quantitative estimate of drug-likeness (QED) is 0.209. The number of amides is 2. The summed E-state index contributed by atoms with van der Waals surface area (Å²) >= 11 is 0.945. The Morgan fingerprint density at radius 3 is 2.58 bits per heavy atom. The van der Waals surface area contributed by atoms with E-state index in [4.69, 9.17) is 9.79 Å². The van der Waals surface area contributed by atoms with Crippen molar-refractivity contribution in [2.75, 3.05) is 6.61 Å². The lowest BCUT2D eigenvalue weighted by molar-refractivity contribution is 0.104. The predicted octanol–water partition coefficient (Wildman–Crippen LogP) is 3.52. The number of rotatable bonds is 7. The summed E-state index contributed by atoms with van der Waals surface area (Å²) in [5.74, 6) is -1.46. The van der Waals surface area contributed by atoms with E-state index in [1.54, 1.807) is 30.3 Å². The van der Waals surface area contributed by atoms with Gasteiger partial charge >= 0.3 is 13.9 Å². The number of halogens is 2. The zero-order chi connectivity index (χ0) is 22.6. The van der Waals surface area contributed by atoms with Crippen LogP contribution in [-0.2, 0) is 14.0 Å². The Labute approximate surface area is 179 Å². The van der Waals surface area contributed by atoms with Crippen molar-refractivity contribution in [3.05, 3.63) is 71.3 Å². The molecule has 1 aliphatic rings. The molecule has 1 aliphatic heterocycles. The average molecular weight is 473 g/mol. The number of phosphoric ester groups is 1. The minimum absolute atomic E-state index is 0.0136. The van der Waals surface area contributed by atoms with E-state index >= 15 is 0 Å². The third kappa shape index (κ3) is 5.29. The van der Waals surface area contributed by atoms with Gasteiger partial charge in [0, 0.05) is 5.56 Å². The number of hydrogen-bond acceptors (Lipinski definition) is 6. The Kier molecular flexibility index (Phi) is 7.10. The number of urea groups is 1. The molecule has 0 radical (unpaired) electrons. The molecule has 0 aromatic heterocycles. The SMILES string of the molecule is O=C(NO)N1N=C(c2cc(F)ccc2F)SC1(CCCOP(=O)(O)O)c1ccccc1. The van der Waals surface area contributed by atoms with Crippen LogP contribution in [-0.4, -0.2) is 37.7 Å². The largest absolute Gasteiger partial charge is 0.469 e. The second-order valence-corrected chi connectivity index (χ2v) is 8.94. The normalized spacial score (nSPS) is 18.7. The van der Waals surface area contributed by atoms with Gasteiger partial charge in [-0.15, -0.1) is 0 Å². The van der Waals surface area contributed by atoms with E-state index in [1.807, 2.05) is 0 Å². The first kappa shape index (κ1) is 23.3. The monoisotopic (exact) mass is 473 g/mol. The molecule has 4 N–H and O–H groups in total. The molecule has 13 heteroatoms. The van der Waals surface area contributed by atoms with Crippen molar-refractivity contribution in [1.82, 2.24) is 10.5 Å². The number of benzene rings is 2. The average Bonchev–Trinajstić information content (AvgIpc) is 3.13. The standard InChI is InChI=1S/C18H18F2N3O6PS/c19-13-7-8-15(20)14(11-13)16-21-23(17(24)22-25)18(31-16,12-5-2-1-3-6-12)9-4-10-29-30(26,27)28/h1-3,5-8,11,25H,4,9-10H2,(H,22,24)(H2,26,27,28). The van der Waals surface area contributed by atoms with Crippen LogP contribution in [0.4, 0.5) is 13.6 Å². The highest BCUT2D eigenvalue weighted by molar-refractivity contribution is 8.15. The maximum Gasteiger partial charge on any atom is 0.469 e. The molecule has 0 saturated heterocycles. The number of nitrogens with zero attached hydrogens (tertiary/aromatic N) is 2. The van der Waals surface area contributed by atoms with Gasteiger partial charge in [-0.3, -0.25) is 9.73 Å². The van der Waals surface area contributed by atoms with E-state index in [0.717, 1.165) is 35.0 Å². The molecule has 0 aliphatic carbocycles. The fourth-order valence-corrected chi connectivity index (χ4v) is 4.88. The van der Waals surface area contributed by atoms with Gasteiger partial charge < -0.3 is 9.79 Å². The van der Waals surface area contributed by atoms with Crippen LogP contribution in [0.2, 0.25) is 0 Å². The topological polar surface area (TPSA) is 132 Å². The summed E-state index contributed by atoms with van der Waals surface area (Å²) in [4.78, 5) is 28.9. The number of hydrogen-bond donors (Lipinski definition) is 4. The molecule has 0 saturated carbocycles. The van der Waals surface area contributed by atoms with Gasteiger partial charge in [0.05, 0.1) is 6.61 Å². The smallest absolute Gasteiger partial charge is 0.303 e. The second-order valence-electron chi connectivity index (χ2n) is 6.44. The van der Waals surface area contributed by atoms with Crippen LogP contribution in [0, 0.1) is 11.6 Å². The van der Waals surface area contributed by atoms with Crippen molar-refractivity contribution in [2.24, 2.45) is 5.10 Å². The van der Waals surface area contributed by atoms with E-state index < -0.39 is 30.4 Å². The Hall–Kier alpha value is -2.34. The zero-order valence-corrected chi connectivity index (χ0v) is 17.5. The van der Waals surface area contributed by atoms with Gasteiger partial charge in [0.1, 0.15) is 21.5 Å². The van der Waals surface area contributed by atoms with E-state index in [2.05, 4.69) is 9.63 Å². The number of carbonyl (C=O) groups is 1. The van der Waals surface area contributed by atoms with Crippen molar-refractivity contribution < 1.29 is 37.7 Å². The first-order chi connectivity index (χ1) is 14.7. The van der Waals surface area contributed by atoms with Crippen LogP contribution < -0.4 is 5.48 Å². The summed E-state index contributed by atoms with van der Waals surface area (Å²) in [6.45, 7) is -0.336. The Morgan fingerprint density at radius 1 is 1.23 bits per heavy atom. The Bertz CT molecular complexity index is 1040. The van der Waals surface area contributed by atoms with E-state index in [0.29, 0.717) is 5.56 Å². The molecule has 1 atom stereocenters. The van der Waals surface area contributed by atoms with Crippen molar-refractivity contribution in [2.45, 2.75) is 17.7 Å². The molecule has 1 heterocycles. The number of thioether (sulfide) groups is 1. The molecule has 0 bridgehead atoms. The first-order valence-corrected chi connectivity index (χ1v) is 11.2. The van der Waals surface area contributed by atoms with E-state index in [-0.39, 0.29) is 30.1 Å². The minimum Gasteiger partial charge on any atom is -0.303 e. The maximum absolute atomic E-state index is 14.4. The van der Waals surface area contributed by atoms with Crippen molar-refractivity contribution in [3.63, 3.8) is 0 Å². The van der Waals surface area contributed by atoms with Crippen LogP contribution in [0.25, 0.3) is 0 Å². The lowest BCUT2D eigenvalue weighted by Crippen LogP contribution is -2.45. The molecule has 2 amide bonds.